The van der Waals surface area contributed by atoms with Gasteiger partial charge in [-0.15, -0.1) is 11.3 Å². The van der Waals surface area contributed by atoms with Gasteiger partial charge in [-0.2, -0.15) is 0 Å². The molecule has 4 nitrogen and oxygen atoms in total. The van der Waals surface area contributed by atoms with Gasteiger partial charge in [0.2, 0.25) is 5.91 Å². The second kappa shape index (κ2) is 6.51. The second-order valence-electron chi connectivity index (χ2n) is 3.93. The lowest BCUT2D eigenvalue weighted by Gasteiger charge is -2.02. The Balaban J connectivity index is 2.13. The lowest BCUT2D eigenvalue weighted by molar-refractivity contribution is -0.111. The summed E-state index contributed by atoms with van der Waals surface area (Å²) < 4.78 is 13.5. The second-order valence-corrected chi connectivity index (χ2v) is 5.25. The number of carbonyl (C=O) groups is 2. The van der Waals surface area contributed by atoms with Crippen molar-refractivity contribution in [3.8, 4) is 0 Å². The molecule has 0 bridgehead atoms. The topological polar surface area (TPSA) is 66.4 Å². The maximum atomic E-state index is 13.5. The Morgan fingerprint density at radius 1 is 1.33 bits per heavy atom. The lowest BCUT2D eigenvalue weighted by atomic mass is 10.2. The van der Waals surface area contributed by atoms with E-state index in [9.17, 15) is 14.0 Å². The Bertz CT molecular complexity index is 707. The van der Waals surface area contributed by atoms with Gasteiger partial charge in [0.1, 0.15) is 10.7 Å². The molecule has 0 aliphatic carbocycles. The van der Waals surface area contributed by atoms with Crippen molar-refractivity contribution in [1.29, 1.82) is 0 Å². The van der Waals surface area contributed by atoms with E-state index >= 15 is 0 Å². The van der Waals surface area contributed by atoms with Crippen LogP contribution in [0.3, 0.4) is 0 Å². The van der Waals surface area contributed by atoms with Gasteiger partial charge in [0, 0.05) is 11.6 Å². The van der Waals surface area contributed by atoms with Crippen molar-refractivity contribution in [2.24, 2.45) is 0 Å². The molecular weight excluding hydrogens is 317 g/mol. The van der Waals surface area contributed by atoms with Crippen molar-refractivity contribution in [2.75, 3.05) is 5.32 Å². The van der Waals surface area contributed by atoms with E-state index in [1.54, 1.807) is 5.38 Å². The molecule has 2 aromatic rings. The maximum Gasteiger partial charge on any atom is 0.348 e. The molecule has 0 aliphatic rings. The average molecular weight is 326 g/mol. The van der Waals surface area contributed by atoms with Crippen molar-refractivity contribution in [3.63, 3.8) is 0 Å². The van der Waals surface area contributed by atoms with Gasteiger partial charge in [-0.05, 0) is 29.7 Å². The quantitative estimate of drug-likeness (QED) is 0.838. The van der Waals surface area contributed by atoms with Crippen LogP contribution in [0.25, 0.3) is 6.08 Å². The molecule has 1 amide bonds. The van der Waals surface area contributed by atoms with Crippen molar-refractivity contribution in [3.05, 3.63) is 57.0 Å². The molecule has 7 heteroatoms. The third-order valence-electron chi connectivity index (χ3n) is 2.52. The number of anilines is 1. The number of halogens is 2. The summed E-state index contributed by atoms with van der Waals surface area (Å²) in [5.74, 6) is -2.25. The van der Waals surface area contributed by atoms with Crippen LogP contribution in [0.5, 0.6) is 0 Å². The normalized spacial score (nSPS) is 10.8. The highest BCUT2D eigenvalue weighted by atomic mass is 35.5. The van der Waals surface area contributed by atoms with Crippen molar-refractivity contribution < 1.29 is 19.1 Å². The summed E-state index contributed by atoms with van der Waals surface area (Å²) in [5, 5.41) is 13.1. The zero-order chi connectivity index (χ0) is 15.4. The van der Waals surface area contributed by atoms with Gasteiger partial charge in [-0.25, -0.2) is 9.18 Å². The number of carboxylic acid groups (broad SMARTS) is 1. The smallest absolute Gasteiger partial charge is 0.348 e. The van der Waals surface area contributed by atoms with E-state index < -0.39 is 17.7 Å². The van der Waals surface area contributed by atoms with Crippen LogP contribution in [-0.4, -0.2) is 17.0 Å². The largest absolute Gasteiger partial charge is 0.477 e. The maximum absolute atomic E-state index is 13.5. The number of amides is 1. The zero-order valence-electron chi connectivity index (χ0n) is 10.5. The number of rotatable bonds is 4. The first-order valence-electron chi connectivity index (χ1n) is 5.73. The molecule has 0 unspecified atom stereocenters. The van der Waals surface area contributed by atoms with E-state index in [0.717, 1.165) is 17.4 Å². The third-order valence-corrected chi connectivity index (χ3v) is 3.75. The Labute approximate surface area is 128 Å². The van der Waals surface area contributed by atoms with Crippen LogP contribution in [0.15, 0.2) is 35.7 Å². The minimum atomic E-state index is -1.12. The number of thiophene rings is 1. The number of hydrogen-bond donors (Lipinski definition) is 2. The van der Waals surface area contributed by atoms with E-state index in [4.69, 9.17) is 16.7 Å². The summed E-state index contributed by atoms with van der Waals surface area (Å²) in [5.41, 5.74) is 0.292. The van der Waals surface area contributed by atoms with Crippen LogP contribution in [0.1, 0.15) is 15.2 Å². The number of hydrogen-bond acceptors (Lipinski definition) is 3. The summed E-state index contributed by atoms with van der Waals surface area (Å²) in [7, 11) is 0. The molecule has 2 N–H and O–H groups in total. The zero-order valence-corrected chi connectivity index (χ0v) is 12.0. The number of nitrogens with one attached hydrogen (secondary N) is 1. The molecule has 2 rings (SSSR count). The summed E-state index contributed by atoms with van der Waals surface area (Å²) in [6.45, 7) is 0. The molecule has 0 saturated carbocycles. The van der Waals surface area contributed by atoms with Gasteiger partial charge in [0.05, 0.1) is 10.7 Å². The number of carboxylic acids is 1. The predicted octanol–water partition coefficient (Wildman–Crippen LogP) is 3.89. The first kappa shape index (κ1) is 15.2. The van der Waals surface area contributed by atoms with Gasteiger partial charge >= 0.3 is 5.97 Å². The molecule has 0 radical (unpaired) electrons. The van der Waals surface area contributed by atoms with E-state index in [2.05, 4.69) is 5.32 Å². The number of aromatic carboxylic acids is 1. The van der Waals surface area contributed by atoms with E-state index in [1.807, 2.05) is 0 Å². The van der Waals surface area contributed by atoms with E-state index in [-0.39, 0.29) is 21.2 Å². The van der Waals surface area contributed by atoms with Gasteiger partial charge in [-0.1, -0.05) is 17.7 Å². The predicted molar refractivity (Wildman–Crippen MR) is 80.4 cm³/mol. The molecular formula is C14H9ClFNO3S. The molecule has 1 aromatic carbocycles. The van der Waals surface area contributed by atoms with Crippen LogP contribution >= 0.6 is 22.9 Å². The van der Waals surface area contributed by atoms with Gasteiger partial charge in [0.25, 0.3) is 0 Å². The Morgan fingerprint density at radius 2 is 2.10 bits per heavy atom. The highest BCUT2D eigenvalue weighted by molar-refractivity contribution is 7.12. The van der Waals surface area contributed by atoms with E-state index in [0.29, 0.717) is 0 Å². The molecule has 0 aliphatic heterocycles. The first-order valence-corrected chi connectivity index (χ1v) is 6.98. The van der Waals surface area contributed by atoms with E-state index in [1.165, 1.54) is 30.3 Å². The fraction of sp³-hybridized carbons (Fsp3) is 0. The standard InChI is InChI=1S/C14H9ClFNO3S/c15-9-2-1-3-10(16)8(9)4-5-12(18)17-11-6-7-21-13(11)14(19)20/h1-7H,(H,17,18)(H,19,20)/b5-4+. The summed E-state index contributed by atoms with van der Waals surface area (Å²) in [6.07, 6.45) is 2.33. The molecule has 1 aromatic heterocycles. The van der Waals surface area contributed by atoms with Crippen LogP contribution in [0, 0.1) is 5.82 Å². The minimum absolute atomic E-state index is 0.0284. The monoisotopic (exact) mass is 325 g/mol. The fourth-order valence-corrected chi connectivity index (χ4v) is 2.49. The number of carbonyl (C=O) groups excluding carboxylic acids is 1. The molecule has 1 heterocycles. The summed E-state index contributed by atoms with van der Waals surface area (Å²) in [4.78, 5) is 22.7. The Kier molecular flexibility index (Phi) is 4.72. The molecule has 0 atom stereocenters. The molecule has 0 spiro atoms. The fourth-order valence-electron chi connectivity index (χ4n) is 1.58. The molecule has 0 fully saturated rings. The SMILES string of the molecule is O=C(/C=C/c1c(F)cccc1Cl)Nc1ccsc1C(=O)O. The molecule has 108 valence electrons. The Morgan fingerprint density at radius 3 is 2.76 bits per heavy atom. The van der Waals surface area contributed by atoms with Gasteiger partial charge in [-0.3, -0.25) is 4.79 Å². The average Bonchev–Trinajstić information content (AvgIpc) is 2.86. The summed E-state index contributed by atoms with van der Waals surface area (Å²) >= 11 is 6.82. The first-order chi connectivity index (χ1) is 9.99. The van der Waals surface area contributed by atoms with Crippen LogP contribution in [-0.2, 0) is 4.79 Å². The number of benzene rings is 1. The highest BCUT2D eigenvalue weighted by Crippen LogP contribution is 2.23. The van der Waals surface area contributed by atoms with Crippen LogP contribution in [0.4, 0.5) is 10.1 Å². The van der Waals surface area contributed by atoms with Crippen LogP contribution < -0.4 is 5.32 Å². The molecule has 0 saturated heterocycles. The van der Waals surface area contributed by atoms with Crippen molar-refractivity contribution in [1.82, 2.24) is 0 Å². The van der Waals surface area contributed by atoms with Crippen molar-refractivity contribution >= 4 is 46.6 Å². The van der Waals surface area contributed by atoms with Crippen LogP contribution in [0.2, 0.25) is 5.02 Å². The lowest BCUT2D eigenvalue weighted by Crippen LogP contribution is -2.10. The molecule has 21 heavy (non-hydrogen) atoms. The third kappa shape index (κ3) is 3.68. The van der Waals surface area contributed by atoms with Crippen molar-refractivity contribution in [2.45, 2.75) is 0 Å². The highest BCUT2D eigenvalue weighted by Gasteiger charge is 2.13. The summed E-state index contributed by atoms with van der Waals surface area (Å²) in [6, 6.07) is 5.67. The minimum Gasteiger partial charge on any atom is -0.477 e. The van der Waals surface area contributed by atoms with Gasteiger partial charge in [0.15, 0.2) is 0 Å². The van der Waals surface area contributed by atoms with Gasteiger partial charge < -0.3 is 10.4 Å². The Hall–Kier alpha value is -2.18.